The van der Waals surface area contributed by atoms with Gasteiger partial charge in [-0.3, -0.25) is 0 Å². The lowest BCUT2D eigenvalue weighted by Crippen LogP contribution is -2.49. The Hall–Kier alpha value is -0.850. The van der Waals surface area contributed by atoms with Gasteiger partial charge in [0.2, 0.25) is 0 Å². The monoisotopic (exact) mass is 287 g/mol. The quantitative estimate of drug-likeness (QED) is 0.705. The standard InChI is InChI=1S/C14H29N3O3/c1-13(2,3)20-12(19)17-6-4-14(10-16,5-7-17)8-11(18)9-15/h11,18H,4-10,15-16H2,1-3H3/t11-/m1/s1. The highest BCUT2D eigenvalue weighted by molar-refractivity contribution is 5.68. The molecule has 0 aromatic rings. The summed E-state index contributed by atoms with van der Waals surface area (Å²) in [6.07, 6.45) is 1.36. The summed E-state index contributed by atoms with van der Waals surface area (Å²) in [4.78, 5) is 13.7. The highest BCUT2D eigenvalue weighted by atomic mass is 16.6. The van der Waals surface area contributed by atoms with Crippen molar-refractivity contribution in [2.45, 2.75) is 51.7 Å². The Morgan fingerprint density at radius 1 is 1.35 bits per heavy atom. The molecule has 0 aromatic carbocycles. The van der Waals surface area contributed by atoms with Gasteiger partial charge in [-0.05, 0) is 52.0 Å². The zero-order valence-corrected chi connectivity index (χ0v) is 12.9. The molecule has 0 saturated carbocycles. The third kappa shape index (κ3) is 4.92. The number of aliphatic hydroxyl groups excluding tert-OH is 1. The van der Waals surface area contributed by atoms with Crippen LogP contribution in [0.15, 0.2) is 0 Å². The van der Waals surface area contributed by atoms with Crippen LogP contribution in [0.4, 0.5) is 4.79 Å². The maximum absolute atomic E-state index is 12.0. The van der Waals surface area contributed by atoms with Gasteiger partial charge in [-0.1, -0.05) is 0 Å². The molecule has 0 bridgehead atoms. The fraction of sp³-hybridized carbons (Fsp3) is 0.929. The van der Waals surface area contributed by atoms with E-state index in [0.717, 1.165) is 12.8 Å². The number of hydrogen-bond donors (Lipinski definition) is 3. The summed E-state index contributed by atoms with van der Waals surface area (Å²) in [5.74, 6) is 0. The topological polar surface area (TPSA) is 102 Å². The summed E-state index contributed by atoms with van der Waals surface area (Å²) in [5.41, 5.74) is 10.8. The van der Waals surface area contributed by atoms with E-state index in [2.05, 4.69) is 0 Å². The van der Waals surface area contributed by atoms with Gasteiger partial charge in [0.05, 0.1) is 6.10 Å². The second-order valence-corrected chi connectivity index (χ2v) is 6.77. The lowest BCUT2D eigenvalue weighted by atomic mass is 9.74. The molecule has 1 saturated heterocycles. The van der Waals surface area contributed by atoms with Gasteiger partial charge >= 0.3 is 6.09 Å². The summed E-state index contributed by atoms with van der Waals surface area (Å²) in [6.45, 7) is 7.56. The molecule has 0 spiro atoms. The van der Waals surface area contributed by atoms with Crippen LogP contribution in [-0.2, 0) is 4.74 Å². The highest BCUT2D eigenvalue weighted by Crippen LogP contribution is 2.35. The second-order valence-electron chi connectivity index (χ2n) is 6.77. The highest BCUT2D eigenvalue weighted by Gasteiger charge is 2.37. The molecule has 20 heavy (non-hydrogen) atoms. The zero-order chi connectivity index (χ0) is 15.4. The Labute approximate surface area is 121 Å². The van der Waals surface area contributed by atoms with Crippen LogP contribution >= 0.6 is 0 Å². The molecule has 1 aliphatic heterocycles. The lowest BCUT2D eigenvalue weighted by molar-refractivity contribution is 0.00336. The van der Waals surface area contributed by atoms with Crippen molar-refractivity contribution < 1.29 is 14.6 Å². The third-order valence-electron chi connectivity index (χ3n) is 3.85. The van der Waals surface area contributed by atoms with Gasteiger partial charge in [0.15, 0.2) is 0 Å². The molecule has 6 nitrogen and oxygen atoms in total. The molecule has 0 radical (unpaired) electrons. The molecule has 6 heteroatoms. The van der Waals surface area contributed by atoms with Crippen molar-refractivity contribution in [3.8, 4) is 0 Å². The minimum absolute atomic E-state index is 0.114. The summed E-state index contributed by atoms with van der Waals surface area (Å²) in [7, 11) is 0. The number of carbonyl (C=O) groups excluding carboxylic acids is 1. The van der Waals surface area contributed by atoms with Crippen LogP contribution in [0.2, 0.25) is 0 Å². The van der Waals surface area contributed by atoms with Gasteiger partial charge in [0.25, 0.3) is 0 Å². The van der Waals surface area contributed by atoms with Gasteiger partial charge in [-0.15, -0.1) is 0 Å². The molecule has 1 heterocycles. The maximum Gasteiger partial charge on any atom is 0.410 e. The molecule has 1 fully saturated rings. The van der Waals surface area contributed by atoms with Crippen molar-refractivity contribution in [3.63, 3.8) is 0 Å². The number of nitrogens with zero attached hydrogens (tertiary/aromatic N) is 1. The van der Waals surface area contributed by atoms with Crippen molar-refractivity contribution in [2.75, 3.05) is 26.2 Å². The molecule has 0 aromatic heterocycles. The largest absolute Gasteiger partial charge is 0.444 e. The number of carbonyl (C=O) groups is 1. The van der Waals surface area contributed by atoms with Crippen molar-refractivity contribution >= 4 is 6.09 Å². The van der Waals surface area contributed by atoms with E-state index in [1.165, 1.54) is 0 Å². The Balaban J connectivity index is 2.54. The predicted molar refractivity (Wildman–Crippen MR) is 78.2 cm³/mol. The average molecular weight is 287 g/mol. The predicted octanol–water partition coefficient (Wildman–Crippen LogP) is 0.672. The smallest absolute Gasteiger partial charge is 0.410 e. The zero-order valence-electron chi connectivity index (χ0n) is 12.9. The van der Waals surface area contributed by atoms with Crippen LogP contribution in [0.5, 0.6) is 0 Å². The molecular weight excluding hydrogens is 258 g/mol. The minimum Gasteiger partial charge on any atom is -0.444 e. The number of rotatable bonds is 4. The SMILES string of the molecule is CC(C)(C)OC(=O)N1CCC(CN)(C[C@@H](O)CN)CC1. The van der Waals surface area contributed by atoms with Crippen LogP contribution in [0.25, 0.3) is 0 Å². The maximum atomic E-state index is 12.0. The van der Waals surface area contributed by atoms with Crippen LogP contribution in [0.1, 0.15) is 40.0 Å². The molecule has 0 unspecified atom stereocenters. The van der Waals surface area contributed by atoms with Crippen LogP contribution < -0.4 is 11.5 Å². The number of ether oxygens (including phenoxy) is 1. The first-order chi connectivity index (χ1) is 9.21. The summed E-state index contributed by atoms with van der Waals surface area (Å²) >= 11 is 0. The molecule has 5 N–H and O–H groups in total. The normalized spacial score (nSPS) is 20.6. The van der Waals surface area contributed by atoms with E-state index in [1.807, 2.05) is 20.8 Å². The van der Waals surface area contributed by atoms with E-state index in [4.69, 9.17) is 16.2 Å². The van der Waals surface area contributed by atoms with Crippen LogP contribution in [-0.4, -0.2) is 54.0 Å². The van der Waals surface area contributed by atoms with Crippen molar-refractivity contribution in [1.82, 2.24) is 4.90 Å². The summed E-state index contributed by atoms with van der Waals surface area (Å²) in [6, 6.07) is 0. The van der Waals surface area contributed by atoms with E-state index < -0.39 is 11.7 Å². The van der Waals surface area contributed by atoms with Gasteiger partial charge in [0, 0.05) is 19.6 Å². The average Bonchev–Trinajstić information content (AvgIpc) is 2.37. The van der Waals surface area contributed by atoms with Gasteiger partial charge in [0.1, 0.15) is 5.60 Å². The number of nitrogens with two attached hydrogens (primary N) is 2. The van der Waals surface area contributed by atoms with E-state index >= 15 is 0 Å². The molecule has 1 atom stereocenters. The fourth-order valence-corrected chi connectivity index (χ4v) is 2.56. The molecule has 0 aliphatic carbocycles. The molecule has 1 aliphatic rings. The number of hydrogen-bond acceptors (Lipinski definition) is 5. The van der Waals surface area contributed by atoms with Gasteiger partial charge in [-0.25, -0.2) is 4.79 Å². The molecule has 1 rings (SSSR count). The first-order valence-corrected chi connectivity index (χ1v) is 7.27. The van der Waals surface area contributed by atoms with Gasteiger partial charge in [-0.2, -0.15) is 0 Å². The molecular formula is C14H29N3O3. The van der Waals surface area contributed by atoms with Gasteiger partial charge < -0.3 is 26.2 Å². The summed E-state index contributed by atoms with van der Waals surface area (Å²) < 4.78 is 5.37. The Morgan fingerprint density at radius 3 is 2.30 bits per heavy atom. The van der Waals surface area contributed by atoms with Crippen molar-refractivity contribution in [2.24, 2.45) is 16.9 Å². The molecule has 1 amide bonds. The fourth-order valence-electron chi connectivity index (χ4n) is 2.56. The Bertz CT molecular complexity index is 320. The number of likely N-dealkylation sites (tertiary alicyclic amines) is 1. The number of aliphatic hydroxyl groups is 1. The molecule has 118 valence electrons. The van der Waals surface area contributed by atoms with Crippen molar-refractivity contribution in [3.05, 3.63) is 0 Å². The number of amides is 1. The van der Waals surface area contributed by atoms with E-state index in [0.29, 0.717) is 26.1 Å². The van der Waals surface area contributed by atoms with Crippen LogP contribution in [0, 0.1) is 5.41 Å². The lowest BCUT2D eigenvalue weighted by Gasteiger charge is -2.42. The Morgan fingerprint density at radius 2 is 1.90 bits per heavy atom. The first-order valence-electron chi connectivity index (χ1n) is 7.27. The second kappa shape index (κ2) is 6.74. The van der Waals surface area contributed by atoms with E-state index in [9.17, 15) is 9.90 Å². The third-order valence-corrected chi connectivity index (χ3v) is 3.85. The van der Waals surface area contributed by atoms with E-state index in [1.54, 1.807) is 4.90 Å². The van der Waals surface area contributed by atoms with Crippen LogP contribution in [0.3, 0.4) is 0 Å². The Kier molecular flexibility index (Phi) is 5.79. The minimum atomic E-state index is -0.522. The van der Waals surface area contributed by atoms with E-state index in [-0.39, 0.29) is 18.1 Å². The van der Waals surface area contributed by atoms with Crippen molar-refractivity contribution in [1.29, 1.82) is 0 Å². The summed E-state index contributed by atoms with van der Waals surface area (Å²) in [5, 5.41) is 9.75. The number of piperidine rings is 1. The first kappa shape index (κ1) is 17.2.